The summed E-state index contributed by atoms with van der Waals surface area (Å²) in [4.78, 5) is 0. The second kappa shape index (κ2) is 33.4. The third-order valence-electron chi connectivity index (χ3n) is 24.2. The van der Waals surface area contributed by atoms with Crippen LogP contribution in [0.1, 0.15) is 431 Å². The second-order valence-electron chi connectivity index (χ2n) is 41.0. The lowest BCUT2D eigenvalue weighted by Gasteiger charge is -2.49. The third-order valence-corrected chi connectivity index (χ3v) is 24.2. The van der Waals surface area contributed by atoms with Crippen molar-refractivity contribution in [2.75, 3.05) is 0 Å². The molecular weight excluding hydrogens is 997 g/mol. The minimum Gasteiger partial charge on any atom is -0.0651 e. The maximum Gasteiger partial charge on any atom is -0.0297 e. The van der Waals surface area contributed by atoms with Gasteiger partial charge in [-0.05, 0) is 222 Å². The zero-order valence-corrected chi connectivity index (χ0v) is 63.6. The molecule has 0 aromatic carbocycles. The fourth-order valence-electron chi connectivity index (χ4n) is 21.2. The van der Waals surface area contributed by atoms with Crippen molar-refractivity contribution >= 4 is 0 Å². The molecule has 9 fully saturated rings. The summed E-state index contributed by atoms with van der Waals surface area (Å²) in [6.45, 7) is 67.3. The zero-order chi connectivity index (χ0) is 63.6. The molecule has 0 radical (unpaired) electrons. The van der Waals surface area contributed by atoms with Crippen LogP contribution in [0.5, 0.6) is 0 Å². The van der Waals surface area contributed by atoms with Crippen LogP contribution in [-0.4, -0.2) is 0 Å². The van der Waals surface area contributed by atoms with E-state index in [4.69, 9.17) is 0 Å². The Morgan fingerprint density at radius 3 is 0.831 bits per heavy atom. The van der Waals surface area contributed by atoms with Gasteiger partial charge in [-0.3, -0.25) is 0 Å². The number of rotatable bonds is 2. The van der Waals surface area contributed by atoms with Gasteiger partial charge >= 0.3 is 0 Å². The van der Waals surface area contributed by atoms with Crippen LogP contribution in [0.15, 0.2) is 0 Å². The lowest BCUT2D eigenvalue weighted by atomic mass is 9.56. The summed E-state index contributed by atoms with van der Waals surface area (Å²) in [5.41, 5.74) is 7.30. The van der Waals surface area contributed by atoms with Crippen molar-refractivity contribution in [1.82, 2.24) is 0 Å². The average molecular weight is 1160 g/mol. The molecule has 1 spiro atoms. The summed E-state index contributed by atoms with van der Waals surface area (Å²) in [6, 6.07) is 0. The molecule has 0 atom stereocenters. The van der Waals surface area contributed by atoms with E-state index < -0.39 is 0 Å². The van der Waals surface area contributed by atoms with E-state index >= 15 is 0 Å². The van der Waals surface area contributed by atoms with E-state index in [2.05, 4.69) is 194 Å². The molecule has 0 amide bonds. The Bertz CT molecular complexity index is 1600. The van der Waals surface area contributed by atoms with Crippen LogP contribution in [0, 0.1) is 100 Å². The number of hydrogen-bond acceptors (Lipinski definition) is 0. The van der Waals surface area contributed by atoms with Gasteiger partial charge in [-0.2, -0.15) is 0 Å². The predicted molar refractivity (Wildman–Crippen MR) is 380 cm³/mol. The summed E-state index contributed by atoms with van der Waals surface area (Å²) in [7, 11) is 0. The molecule has 9 aliphatic rings. The van der Waals surface area contributed by atoms with Crippen molar-refractivity contribution in [3.63, 3.8) is 0 Å². The van der Waals surface area contributed by atoms with Gasteiger partial charge in [0.25, 0.3) is 0 Å². The Balaban J connectivity index is 0.000000325. The van der Waals surface area contributed by atoms with Gasteiger partial charge in [0.15, 0.2) is 0 Å². The molecule has 0 unspecified atom stereocenters. The van der Waals surface area contributed by atoms with E-state index in [-0.39, 0.29) is 0 Å². The standard InChI is InChI=1S/C12H22.2C12H24.2C11H22.C9H18.2C8H16/c1-11-5-9-12(10-6-11)7-3-2-4-8-12;1-10(2)7-11(3,4)9-12(5,6)8-10;1-6-10-7-11(2,3)9-12(4,5)8-10;1-9-6-10(2,3)8-11(4,5)7-9;1-9-10(2,3)7-6-8-11(9,4)5;1-8-4-6-9(2,3)7-5-8;1-8(2)6-4-3-5-7-8;1-2-8-6-4-3-5-7-8/h11H,2-10H2,1H3;7-9H2,1-6H3;10H,6-9H2,1-5H3;2*9H,6-8H2,1-5H3;8H,4-7H2,1-3H3;3-7H2,1-2H3;8H,2-7H2,1H3. The summed E-state index contributed by atoms with van der Waals surface area (Å²) in [5.74, 6) is 5.88. The summed E-state index contributed by atoms with van der Waals surface area (Å²) in [5, 5.41) is 0. The lowest BCUT2D eigenvalue weighted by molar-refractivity contribution is 0.0202. The van der Waals surface area contributed by atoms with Gasteiger partial charge in [0.1, 0.15) is 0 Å². The minimum absolute atomic E-state index is 0.547. The average Bonchev–Trinajstić information content (AvgIpc) is 3.31. The molecular formula is C83H164. The first kappa shape index (κ1) is 79.1. The molecule has 0 heterocycles. The van der Waals surface area contributed by atoms with E-state index in [0.29, 0.717) is 59.6 Å². The molecule has 0 aromatic rings. The quantitative estimate of drug-likeness (QED) is 0.259. The molecule has 0 heteroatoms. The SMILES string of the molecule is CC1(C)CC(C)(C)CC(C)(C)C1.CC1(C)CCCCC1.CC1C(C)(C)CCCC1(C)C.CC1CC(C)(C)CC(C)(C)C1.CC1CCC(C)(C)CC1.CC1CCC2(CCCCC2)CC1.CCC1CC(C)(C)CC(C)(C)C1.CCC1CCCCC1. The summed E-state index contributed by atoms with van der Waals surface area (Å²) >= 11 is 0. The van der Waals surface area contributed by atoms with E-state index in [1.807, 2.05) is 0 Å². The first-order chi connectivity index (χ1) is 37.7. The maximum absolute atomic E-state index is 2.43. The van der Waals surface area contributed by atoms with E-state index in [1.54, 1.807) is 25.7 Å². The molecule has 0 aromatic heterocycles. The van der Waals surface area contributed by atoms with Crippen LogP contribution in [-0.2, 0) is 0 Å². The van der Waals surface area contributed by atoms with Crippen LogP contribution in [0.2, 0.25) is 0 Å². The van der Waals surface area contributed by atoms with E-state index in [9.17, 15) is 0 Å². The molecule has 9 saturated carbocycles. The lowest BCUT2D eigenvalue weighted by Crippen LogP contribution is -2.38. The van der Waals surface area contributed by atoms with Crippen LogP contribution < -0.4 is 0 Å². The molecule has 83 heavy (non-hydrogen) atoms. The monoisotopic (exact) mass is 1160 g/mol. The fourth-order valence-corrected chi connectivity index (χ4v) is 21.2. The summed E-state index contributed by atoms with van der Waals surface area (Å²) < 4.78 is 0. The van der Waals surface area contributed by atoms with Crippen LogP contribution >= 0.6 is 0 Å². The smallest absolute Gasteiger partial charge is 0.0297 e. The number of hydrogen-bond donors (Lipinski definition) is 0. The molecule has 9 aliphatic carbocycles. The highest BCUT2D eigenvalue weighted by Gasteiger charge is 2.43. The largest absolute Gasteiger partial charge is 0.0651 e. The van der Waals surface area contributed by atoms with Gasteiger partial charge in [-0.1, -0.05) is 309 Å². The van der Waals surface area contributed by atoms with E-state index in [1.165, 1.54) is 212 Å². The molecule has 496 valence electrons. The van der Waals surface area contributed by atoms with Gasteiger partial charge in [0.05, 0.1) is 0 Å². The Labute approximate surface area is 529 Å². The fraction of sp³-hybridized carbons (Fsp3) is 1.00. The van der Waals surface area contributed by atoms with Gasteiger partial charge in [0.2, 0.25) is 0 Å². The topological polar surface area (TPSA) is 0 Å². The van der Waals surface area contributed by atoms with Crippen molar-refractivity contribution in [2.24, 2.45) is 100 Å². The second-order valence-corrected chi connectivity index (χ2v) is 41.0. The molecule has 0 nitrogen and oxygen atoms in total. The first-order valence-corrected chi connectivity index (χ1v) is 37.7. The minimum atomic E-state index is 0.547. The van der Waals surface area contributed by atoms with Crippen molar-refractivity contribution in [3.8, 4) is 0 Å². The Morgan fingerprint density at radius 2 is 0.542 bits per heavy atom. The highest BCUT2D eigenvalue weighted by atomic mass is 14.5. The molecule has 0 bridgehead atoms. The van der Waals surface area contributed by atoms with Crippen molar-refractivity contribution in [2.45, 2.75) is 431 Å². The zero-order valence-electron chi connectivity index (χ0n) is 63.6. The Kier molecular flexibility index (Phi) is 31.8. The van der Waals surface area contributed by atoms with Gasteiger partial charge in [-0.25, -0.2) is 0 Å². The predicted octanol–water partition coefficient (Wildman–Crippen LogP) is 29.5. The maximum atomic E-state index is 2.43. The molecule has 0 aliphatic heterocycles. The third kappa shape index (κ3) is 33.1. The highest BCUT2D eigenvalue weighted by Crippen LogP contribution is 2.55. The van der Waals surface area contributed by atoms with Crippen molar-refractivity contribution in [1.29, 1.82) is 0 Å². The summed E-state index contributed by atoms with van der Waals surface area (Å²) in [6.07, 6.45) is 54.1. The molecule has 0 N–H and O–H groups in total. The van der Waals surface area contributed by atoms with Crippen molar-refractivity contribution in [3.05, 3.63) is 0 Å². The van der Waals surface area contributed by atoms with Crippen molar-refractivity contribution < 1.29 is 0 Å². The van der Waals surface area contributed by atoms with Crippen LogP contribution in [0.3, 0.4) is 0 Å². The van der Waals surface area contributed by atoms with E-state index in [0.717, 1.165) is 40.9 Å². The molecule has 0 saturated heterocycles. The highest BCUT2D eigenvalue weighted by molar-refractivity contribution is 4.94. The molecule has 9 rings (SSSR count). The van der Waals surface area contributed by atoms with Gasteiger partial charge < -0.3 is 0 Å². The van der Waals surface area contributed by atoms with Gasteiger partial charge in [0, 0.05) is 0 Å². The van der Waals surface area contributed by atoms with Gasteiger partial charge in [-0.15, -0.1) is 0 Å². The van der Waals surface area contributed by atoms with Crippen LogP contribution in [0.25, 0.3) is 0 Å². The Hall–Kier alpha value is 0. The first-order valence-electron chi connectivity index (χ1n) is 37.7. The normalized spacial score (nSPS) is 29.2. The van der Waals surface area contributed by atoms with Crippen LogP contribution in [0.4, 0.5) is 0 Å². The Morgan fingerprint density at radius 1 is 0.241 bits per heavy atom.